The molecule has 176 valence electrons. The number of anilines is 1. The minimum Gasteiger partial charge on any atom is -0.463 e. The molecule has 34 heavy (non-hydrogen) atoms. The first-order valence-electron chi connectivity index (χ1n) is 10.8. The molecule has 0 spiro atoms. The highest BCUT2D eigenvalue weighted by Crippen LogP contribution is 2.29. The lowest BCUT2D eigenvalue weighted by atomic mass is 9.94. The highest BCUT2D eigenvalue weighted by Gasteiger charge is 2.24. The van der Waals surface area contributed by atoms with E-state index in [1.807, 2.05) is 13.0 Å². The standard InChI is InChI=1S/C27H27NO5S/c1-5-33-26(29)16-15-24-20(3)17-22(18-25(24)27(30)21-9-7-6-8-10-21)28(4)34(31,32)23-13-11-19(2)12-14-23/h6-18H,5H2,1-4H3/b16-15+. The summed E-state index contributed by atoms with van der Waals surface area (Å²) in [5.41, 5.74) is 3.19. The number of ketones is 1. The van der Waals surface area contributed by atoms with Gasteiger partial charge in [-0.2, -0.15) is 0 Å². The van der Waals surface area contributed by atoms with Crippen molar-refractivity contribution in [1.82, 2.24) is 0 Å². The van der Waals surface area contributed by atoms with Gasteiger partial charge in [-0.1, -0.05) is 48.0 Å². The lowest BCUT2D eigenvalue weighted by molar-refractivity contribution is -0.137. The molecule has 0 aromatic heterocycles. The number of hydrogen-bond donors (Lipinski definition) is 0. The third-order valence-corrected chi connectivity index (χ3v) is 7.17. The Labute approximate surface area is 200 Å². The average molecular weight is 478 g/mol. The highest BCUT2D eigenvalue weighted by molar-refractivity contribution is 7.92. The van der Waals surface area contributed by atoms with E-state index in [9.17, 15) is 18.0 Å². The molecule has 6 nitrogen and oxygen atoms in total. The summed E-state index contributed by atoms with van der Waals surface area (Å²) in [5, 5.41) is 0. The molecule has 3 aromatic rings. The highest BCUT2D eigenvalue weighted by atomic mass is 32.2. The Morgan fingerprint density at radius 2 is 1.62 bits per heavy atom. The number of nitrogens with zero attached hydrogens (tertiary/aromatic N) is 1. The maximum Gasteiger partial charge on any atom is 0.330 e. The molecule has 7 heteroatoms. The molecule has 0 saturated carbocycles. The number of esters is 1. The smallest absolute Gasteiger partial charge is 0.330 e. The zero-order valence-corrected chi connectivity index (χ0v) is 20.4. The quantitative estimate of drug-likeness (QED) is 0.261. The molecule has 0 atom stereocenters. The van der Waals surface area contributed by atoms with Crippen molar-refractivity contribution in [2.75, 3.05) is 18.0 Å². The van der Waals surface area contributed by atoms with Gasteiger partial charge in [0, 0.05) is 24.3 Å². The Balaban J connectivity index is 2.13. The molecule has 0 aliphatic carbocycles. The Morgan fingerprint density at radius 1 is 0.971 bits per heavy atom. The molecule has 0 fully saturated rings. The summed E-state index contributed by atoms with van der Waals surface area (Å²) >= 11 is 0. The van der Waals surface area contributed by atoms with Gasteiger partial charge in [-0.15, -0.1) is 0 Å². The second-order valence-corrected chi connectivity index (χ2v) is 9.76. The zero-order chi connectivity index (χ0) is 24.9. The van der Waals surface area contributed by atoms with Crippen LogP contribution in [0.3, 0.4) is 0 Å². The van der Waals surface area contributed by atoms with Gasteiger partial charge in [-0.3, -0.25) is 9.10 Å². The van der Waals surface area contributed by atoms with Gasteiger partial charge in [0.15, 0.2) is 5.78 Å². The maximum atomic E-state index is 13.4. The van der Waals surface area contributed by atoms with E-state index in [2.05, 4.69) is 0 Å². The third-order valence-electron chi connectivity index (χ3n) is 5.37. The van der Waals surface area contributed by atoms with Gasteiger partial charge in [0.1, 0.15) is 0 Å². The summed E-state index contributed by atoms with van der Waals surface area (Å²) < 4.78 is 32.6. The number of sulfonamides is 1. The van der Waals surface area contributed by atoms with Crippen LogP contribution in [0.2, 0.25) is 0 Å². The van der Waals surface area contributed by atoms with Crippen molar-refractivity contribution >= 4 is 33.5 Å². The van der Waals surface area contributed by atoms with E-state index in [1.165, 1.54) is 19.2 Å². The van der Waals surface area contributed by atoms with Crippen LogP contribution >= 0.6 is 0 Å². The van der Waals surface area contributed by atoms with Crippen molar-refractivity contribution in [3.05, 3.63) is 101 Å². The fourth-order valence-electron chi connectivity index (χ4n) is 3.46. The average Bonchev–Trinajstić information content (AvgIpc) is 2.83. The number of carbonyl (C=O) groups excluding carboxylic acids is 2. The number of hydrogen-bond acceptors (Lipinski definition) is 5. The maximum absolute atomic E-state index is 13.4. The van der Waals surface area contributed by atoms with Crippen LogP contribution in [0.1, 0.15) is 39.5 Å². The molecule has 0 unspecified atom stereocenters. The van der Waals surface area contributed by atoms with Crippen molar-refractivity contribution in [2.24, 2.45) is 0 Å². The first-order chi connectivity index (χ1) is 16.1. The fraction of sp³-hybridized carbons (Fsp3) is 0.185. The number of ether oxygens (including phenoxy) is 1. The van der Waals surface area contributed by atoms with Crippen molar-refractivity contribution in [2.45, 2.75) is 25.7 Å². The van der Waals surface area contributed by atoms with Crippen molar-refractivity contribution in [3.8, 4) is 0 Å². The van der Waals surface area contributed by atoms with E-state index in [-0.39, 0.29) is 22.8 Å². The second-order valence-electron chi connectivity index (χ2n) is 7.79. The van der Waals surface area contributed by atoms with Gasteiger partial charge in [0.2, 0.25) is 0 Å². The Bertz CT molecular complexity index is 1330. The Kier molecular flexibility index (Phi) is 7.68. The van der Waals surface area contributed by atoms with Crippen LogP contribution in [0.15, 0.2) is 77.7 Å². The second kappa shape index (κ2) is 10.5. The van der Waals surface area contributed by atoms with Crippen molar-refractivity contribution < 1.29 is 22.7 Å². The molecule has 3 rings (SSSR count). The van der Waals surface area contributed by atoms with Crippen molar-refractivity contribution in [1.29, 1.82) is 0 Å². The summed E-state index contributed by atoms with van der Waals surface area (Å²) in [6.07, 6.45) is 2.79. The first-order valence-corrected chi connectivity index (χ1v) is 12.2. The largest absolute Gasteiger partial charge is 0.463 e. The molecule has 0 radical (unpaired) electrons. The first kappa shape index (κ1) is 24.9. The van der Waals surface area contributed by atoms with Gasteiger partial charge in [-0.25, -0.2) is 13.2 Å². The minimum absolute atomic E-state index is 0.153. The topological polar surface area (TPSA) is 80.8 Å². The van der Waals surface area contributed by atoms with E-state index in [4.69, 9.17) is 4.74 Å². The van der Waals surface area contributed by atoms with Gasteiger partial charge < -0.3 is 4.74 Å². The molecule has 0 heterocycles. The molecule has 0 aliphatic heterocycles. The summed E-state index contributed by atoms with van der Waals surface area (Å²) in [5.74, 6) is -0.807. The van der Waals surface area contributed by atoms with E-state index >= 15 is 0 Å². The minimum atomic E-state index is -3.85. The van der Waals surface area contributed by atoms with Crippen LogP contribution < -0.4 is 4.31 Å². The normalized spacial score (nSPS) is 11.4. The van der Waals surface area contributed by atoms with E-state index in [0.29, 0.717) is 22.4 Å². The number of benzene rings is 3. The summed E-state index contributed by atoms with van der Waals surface area (Å²) in [6.45, 7) is 5.59. The molecule has 0 N–H and O–H groups in total. The monoisotopic (exact) mass is 477 g/mol. The van der Waals surface area contributed by atoms with Crippen LogP contribution in [0.5, 0.6) is 0 Å². The number of aryl methyl sites for hydroxylation is 2. The summed E-state index contributed by atoms with van der Waals surface area (Å²) in [6, 6.07) is 18.5. The van der Waals surface area contributed by atoms with Crippen LogP contribution in [-0.4, -0.2) is 33.8 Å². The molecule has 0 bridgehead atoms. The molecule has 3 aromatic carbocycles. The molecule has 0 aliphatic rings. The predicted molar refractivity (Wildman–Crippen MR) is 133 cm³/mol. The lowest BCUT2D eigenvalue weighted by Crippen LogP contribution is -2.27. The predicted octanol–water partition coefficient (Wildman–Crippen LogP) is 4.94. The van der Waals surface area contributed by atoms with Crippen LogP contribution in [-0.2, 0) is 19.6 Å². The number of carbonyl (C=O) groups is 2. The summed E-state index contributed by atoms with van der Waals surface area (Å²) in [4.78, 5) is 25.4. The summed E-state index contributed by atoms with van der Waals surface area (Å²) in [7, 11) is -2.40. The van der Waals surface area contributed by atoms with Gasteiger partial charge >= 0.3 is 5.97 Å². The van der Waals surface area contributed by atoms with E-state index < -0.39 is 16.0 Å². The number of rotatable bonds is 8. The van der Waals surface area contributed by atoms with E-state index in [0.717, 1.165) is 9.87 Å². The Morgan fingerprint density at radius 3 is 2.24 bits per heavy atom. The van der Waals surface area contributed by atoms with Crippen LogP contribution in [0.4, 0.5) is 5.69 Å². The Hall–Kier alpha value is -3.71. The fourth-order valence-corrected chi connectivity index (χ4v) is 4.64. The van der Waals surface area contributed by atoms with Gasteiger partial charge in [0.05, 0.1) is 17.2 Å². The van der Waals surface area contributed by atoms with Crippen molar-refractivity contribution in [3.63, 3.8) is 0 Å². The molecule has 0 saturated heterocycles. The SMILES string of the molecule is CCOC(=O)/C=C/c1c(C)cc(N(C)S(=O)(=O)c2ccc(C)cc2)cc1C(=O)c1ccccc1. The van der Waals surface area contributed by atoms with Crippen LogP contribution in [0.25, 0.3) is 6.08 Å². The molecular weight excluding hydrogens is 450 g/mol. The lowest BCUT2D eigenvalue weighted by Gasteiger charge is -2.22. The van der Waals surface area contributed by atoms with Gasteiger partial charge in [-0.05, 0) is 62.2 Å². The third kappa shape index (κ3) is 5.43. The zero-order valence-electron chi connectivity index (χ0n) is 19.6. The van der Waals surface area contributed by atoms with Gasteiger partial charge in [0.25, 0.3) is 10.0 Å². The molecular formula is C27H27NO5S. The molecule has 0 amide bonds. The van der Waals surface area contributed by atoms with Crippen LogP contribution in [0, 0.1) is 13.8 Å². The van der Waals surface area contributed by atoms with E-state index in [1.54, 1.807) is 74.5 Å².